The van der Waals surface area contributed by atoms with Crippen LogP contribution in [-0.4, -0.2) is 12.0 Å². The van der Waals surface area contributed by atoms with E-state index in [4.69, 9.17) is 4.89 Å². The van der Waals surface area contributed by atoms with E-state index in [1.54, 1.807) is 16.7 Å². The van der Waals surface area contributed by atoms with Crippen molar-refractivity contribution in [2.45, 2.75) is 48.0 Å². The molecule has 0 spiro atoms. The van der Waals surface area contributed by atoms with Gasteiger partial charge in [0.05, 0.1) is 0 Å². The zero-order valence-corrected chi connectivity index (χ0v) is 14.6. The van der Waals surface area contributed by atoms with Crippen LogP contribution in [0.1, 0.15) is 48.0 Å². The summed E-state index contributed by atoms with van der Waals surface area (Å²) in [5.74, 6) is 0. The molecule has 0 fully saturated rings. The van der Waals surface area contributed by atoms with Crippen molar-refractivity contribution in [3.05, 3.63) is 34.4 Å². The highest BCUT2D eigenvalue weighted by Gasteiger charge is 2.34. The van der Waals surface area contributed by atoms with Crippen LogP contribution in [-0.2, 0) is 9.09 Å². The van der Waals surface area contributed by atoms with Crippen LogP contribution in [0.25, 0.3) is 0 Å². The molecule has 3 nitrogen and oxygen atoms in total. The summed E-state index contributed by atoms with van der Waals surface area (Å²) < 4.78 is 13.2. The topological polar surface area (TPSA) is 46.5 Å². The molecule has 0 heterocycles. The molecule has 1 N–H and O–H groups in total. The number of hydrogen-bond acceptors (Lipinski definition) is 2. The largest absolute Gasteiger partial charge is 0.326 e. The van der Waals surface area contributed by atoms with Gasteiger partial charge in [0.1, 0.15) is 0 Å². The highest BCUT2D eigenvalue weighted by molar-refractivity contribution is 7.32. The van der Waals surface area contributed by atoms with Crippen molar-refractivity contribution < 1.29 is 14.0 Å². The van der Waals surface area contributed by atoms with Gasteiger partial charge < -0.3 is 9.42 Å². The third-order valence-electron chi connectivity index (χ3n) is 3.48. The van der Waals surface area contributed by atoms with E-state index >= 15 is 0 Å². The summed E-state index contributed by atoms with van der Waals surface area (Å²) in [7, 11) is -1.44. The van der Waals surface area contributed by atoms with Gasteiger partial charge in [0.25, 0.3) is 0 Å². The fourth-order valence-corrected chi connectivity index (χ4v) is 2.57. The first-order chi connectivity index (χ1) is 8.96. The predicted octanol–water partition coefficient (Wildman–Crippen LogP) is 4.66. The summed E-state index contributed by atoms with van der Waals surface area (Å²) in [6, 6.07) is 0. The highest BCUT2D eigenvalue weighted by atomic mass is 31.1. The van der Waals surface area contributed by atoms with Crippen molar-refractivity contribution in [1.82, 2.24) is 0 Å². The summed E-state index contributed by atoms with van der Waals surface area (Å²) in [4.78, 5) is 7.69. The Hall–Kier alpha value is -0.630. The van der Waals surface area contributed by atoms with E-state index in [1.165, 1.54) is 19.1 Å². The second-order valence-electron chi connectivity index (χ2n) is 7.32. The van der Waals surface area contributed by atoms with E-state index in [9.17, 15) is 4.57 Å². The predicted molar refractivity (Wildman–Crippen MR) is 84.9 cm³/mol. The fourth-order valence-electron chi connectivity index (χ4n) is 2.57. The Labute approximate surface area is 123 Å². The summed E-state index contributed by atoms with van der Waals surface area (Å²) in [6.45, 7) is 13.9. The molecule has 0 saturated heterocycles. The lowest BCUT2D eigenvalue weighted by Gasteiger charge is -2.28. The SMILES string of the molecule is CC(C)(C)C1=CC2=CC(C(C)(C)C)=C1C2.CO[PH](=O)O. The molecule has 0 aromatic rings. The fraction of sp³-hybridized carbons (Fsp3) is 0.625. The lowest BCUT2D eigenvalue weighted by atomic mass is 9.76. The average molecular weight is 298 g/mol. The van der Waals surface area contributed by atoms with Crippen LogP contribution in [0.3, 0.4) is 0 Å². The van der Waals surface area contributed by atoms with Crippen LogP contribution in [0.4, 0.5) is 0 Å². The average Bonchev–Trinajstić information content (AvgIpc) is 2.87. The van der Waals surface area contributed by atoms with Crippen molar-refractivity contribution >= 4 is 8.25 Å². The van der Waals surface area contributed by atoms with E-state index in [-0.39, 0.29) is 0 Å². The van der Waals surface area contributed by atoms with Crippen LogP contribution in [0.15, 0.2) is 34.4 Å². The van der Waals surface area contributed by atoms with Crippen LogP contribution in [0.2, 0.25) is 0 Å². The third kappa shape index (κ3) is 4.18. The van der Waals surface area contributed by atoms with Gasteiger partial charge in [0.15, 0.2) is 0 Å². The van der Waals surface area contributed by atoms with E-state index in [1.807, 2.05) is 0 Å². The van der Waals surface area contributed by atoms with Crippen LogP contribution < -0.4 is 0 Å². The maximum absolute atomic E-state index is 9.33. The number of hydrogen-bond donors (Lipinski definition) is 1. The first-order valence-electron chi connectivity index (χ1n) is 6.90. The van der Waals surface area contributed by atoms with Gasteiger partial charge in [-0.15, -0.1) is 0 Å². The Morgan fingerprint density at radius 1 is 1.10 bits per heavy atom. The molecule has 0 radical (unpaired) electrons. The van der Waals surface area contributed by atoms with Crippen molar-refractivity contribution in [3.8, 4) is 0 Å². The Kier molecular flexibility index (Phi) is 5.23. The number of fused-ring (bicyclic) bond motifs is 2. The molecule has 0 saturated carbocycles. The Balaban J connectivity index is 0.000000347. The molecule has 0 aromatic heterocycles. The normalized spacial score (nSPS) is 19.4. The van der Waals surface area contributed by atoms with Crippen molar-refractivity contribution in [3.63, 3.8) is 0 Å². The monoisotopic (exact) mass is 298 g/mol. The van der Waals surface area contributed by atoms with Gasteiger partial charge in [0.2, 0.25) is 0 Å². The smallest absolute Gasteiger partial charge is 0.316 e. The molecule has 0 aromatic carbocycles. The van der Waals surface area contributed by atoms with E-state index in [0.29, 0.717) is 10.8 Å². The minimum absolute atomic E-state index is 0.293. The zero-order chi connectivity index (χ0) is 15.7. The molecule has 2 aliphatic rings. The molecule has 2 aliphatic carbocycles. The van der Waals surface area contributed by atoms with Gasteiger partial charge in [-0.2, -0.15) is 0 Å². The molecule has 4 heteroatoms. The molecule has 0 aliphatic heterocycles. The molecule has 1 atom stereocenters. The first kappa shape index (κ1) is 17.4. The summed E-state index contributed by atoms with van der Waals surface area (Å²) in [5, 5.41) is 0. The molecule has 20 heavy (non-hydrogen) atoms. The third-order valence-corrected chi connectivity index (χ3v) is 3.83. The summed E-state index contributed by atoms with van der Waals surface area (Å²) in [6.07, 6.45) is 5.97. The Morgan fingerprint density at radius 3 is 1.90 bits per heavy atom. The van der Waals surface area contributed by atoms with Crippen LogP contribution in [0, 0.1) is 10.8 Å². The first-order valence-corrected chi connectivity index (χ1v) is 8.17. The number of allylic oxidation sites excluding steroid dienone is 6. The summed E-state index contributed by atoms with van der Waals surface area (Å²) >= 11 is 0. The van der Waals surface area contributed by atoms with Gasteiger partial charge in [-0.3, -0.25) is 4.57 Å². The molecule has 0 amide bonds. The van der Waals surface area contributed by atoms with Crippen LogP contribution in [0.5, 0.6) is 0 Å². The second kappa shape index (κ2) is 6.01. The summed E-state index contributed by atoms with van der Waals surface area (Å²) in [5.41, 5.74) is 6.82. The van der Waals surface area contributed by atoms with Gasteiger partial charge in [0, 0.05) is 7.11 Å². The van der Waals surface area contributed by atoms with E-state index in [2.05, 4.69) is 58.2 Å². The Morgan fingerprint density at radius 2 is 1.60 bits per heavy atom. The minimum atomic E-state index is -2.62. The molecule has 2 bridgehead atoms. The molecule has 1 unspecified atom stereocenters. The maximum atomic E-state index is 9.33. The lowest BCUT2D eigenvalue weighted by molar-refractivity contribution is 0.343. The van der Waals surface area contributed by atoms with E-state index < -0.39 is 8.25 Å². The number of rotatable bonds is 1. The molecule has 2 rings (SSSR count). The van der Waals surface area contributed by atoms with Gasteiger partial charge >= 0.3 is 8.25 Å². The van der Waals surface area contributed by atoms with Crippen molar-refractivity contribution in [2.75, 3.05) is 7.11 Å². The molecular weight excluding hydrogens is 271 g/mol. The lowest BCUT2D eigenvalue weighted by Crippen LogP contribution is -2.15. The molecular formula is C16H27O3P. The van der Waals surface area contributed by atoms with Gasteiger partial charge in [-0.1, -0.05) is 53.7 Å². The van der Waals surface area contributed by atoms with E-state index in [0.717, 1.165) is 0 Å². The second-order valence-corrected chi connectivity index (χ2v) is 8.26. The van der Waals surface area contributed by atoms with Gasteiger partial charge in [-0.25, -0.2) is 0 Å². The minimum Gasteiger partial charge on any atom is -0.326 e. The van der Waals surface area contributed by atoms with Crippen molar-refractivity contribution in [2.24, 2.45) is 10.8 Å². The standard InChI is InChI=1S/C15H22.CH5O3P/c1-14(2,3)12-8-10-7-11(12)13(9-10)15(4,5)6;1-4-5(2)3/h8-9H,7H2,1-6H3;5H,1H3,(H,2,3). The van der Waals surface area contributed by atoms with Crippen molar-refractivity contribution in [1.29, 1.82) is 0 Å². The van der Waals surface area contributed by atoms with Crippen LogP contribution >= 0.6 is 8.25 Å². The highest BCUT2D eigenvalue weighted by Crippen LogP contribution is 2.50. The quantitative estimate of drug-likeness (QED) is 0.716. The van der Waals surface area contributed by atoms with Gasteiger partial charge in [-0.05, 0) is 39.5 Å². The zero-order valence-electron chi connectivity index (χ0n) is 13.6. The molecule has 114 valence electrons. The Bertz CT molecular complexity index is 497. The maximum Gasteiger partial charge on any atom is 0.316 e.